The van der Waals surface area contributed by atoms with Gasteiger partial charge >= 0.3 is 0 Å². The van der Waals surface area contributed by atoms with Crippen LogP contribution < -0.4 is 31.1 Å². The van der Waals surface area contributed by atoms with Crippen molar-refractivity contribution in [3.05, 3.63) is 146 Å². The molecule has 0 aliphatic carbocycles. The maximum atomic E-state index is 6.54. The lowest BCUT2D eigenvalue weighted by molar-refractivity contribution is 0.426. The van der Waals surface area contributed by atoms with Gasteiger partial charge in [0.2, 0.25) is 0 Å². The molecule has 0 aliphatic rings. The maximum Gasteiger partial charge on any atom is 0.287 e. The predicted molar refractivity (Wildman–Crippen MR) is 156 cm³/mol. The number of hydrogen-bond donors (Lipinski definition) is 0. The summed E-state index contributed by atoms with van der Waals surface area (Å²) in [6, 6.07) is 51.6. The minimum atomic E-state index is -2.67. The summed E-state index contributed by atoms with van der Waals surface area (Å²) in [7, 11) is -1.65. The van der Waals surface area contributed by atoms with Crippen LogP contribution in [0, 0.1) is 0 Å². The molecule has 0 radical (unpaired) electrons. The molecule has 0 spiro atoms. The highest BCUT2D eigenvalue weighted by Crippen LogP contribution is 2.11. The molecule has 0 aromatic heterocycles. The van der Waals surface area contributed by atoms with Gasteiger partial charge in [0, 0.05) is 14.2 Å². The van der Waals surface area contributed by atoms with E-state index in [9.17, 15) is 0 Å². The summed E-state index contributed by atoms with van der Waals surface area (Å²) >= 11 is 0. The van der Waals surface area contributed by atoms with Crippen molar-refractivity contribution in [3.8, 4) is 0 Å². The second-order valence-electron chi connectivity index (χ2n) is 8.81. The van der Waals surface area contributed by atoms with Crippen LogP contribution in [0.3, 0.4) is 0 Å². The van der Waals surface area contributed by atoms with Gasteiger partial charge in [-0.05, 0) is 31.1 Å². The molecule has 5 aromatic carbocycles. The van der Waals surface area contributed by atoms with Crippen molar-refractivity contribution in [1.29, 1.82) is 0 Å². The topological polar surface area (TPSA) is 18.5 Å². The smallest absolute Gasteiger partial charge is 0.287 e. The molecule has 0 saturated heterocycles. The molecule has 5 rings (SSSR count). The van der Waals surface area contributed by atoms with Crippen molar-refractivity contribution >= 4 is 47.8 Å². The Bertz CT molecular complexity index is 1190. The summed E-state index contributed by atoms with van der Waals surface area (Å²) in [5.41, 5.74) is 0. The Morgan fingerprint density at radius 2 is 0.500 bits per heavy atom. The monoisotopic (exact) mass is 502 g/mol. The molecular formula is C32H30O2Si2. The molecule has 0 N–H and O–H groups in total. The minimum absolute atomic E-state index is 1.21. The van der Waals surface area contributed by atoms with Crippen LogP contribution in [0.1, 0.15) is 0 Å². The van der Waals surface area contributed by atoms with E-state index >= 15 is 0 Å². The van der Waals surface area contributed by atoms with E-state index in [2.05, 4.69) is 146 Å². The summed E-state index contributed by atoms with van der Waals surface area (Å²) in [4.78, 5) is 0. The van der Waals surface area contributed by atoms with E-state index in [1.165, 1.54) is 31.1 Å². The van der Waals surface area contributed by atoms with E-state index in [1.54, 1.807) is 0 Å². The minimum Gasteiger partial charge on any atom is -0.408 e. The van der Waals surface area contributed by atoms with Gasteiger partial charge in [0.25, 0.3) is 16.6 Å². The second kappa shape index (κ2) is 10.6. The molecule has 0 heterocycles. The highest BCUT2D eigenvalue weighted by molar-refractivity contribution is 7.08. The van der Waals surface area contributed by atoms with Crippen molar-refractivity contribution in [2.75, 3.05) is 14.2 Å². The second-order valence-corrected chi connectivity index (χ2v) is 15.8. The van der Waals surface area contributed by atoms with Crippen LogP contribution in [0.25, 0.3) is 0 Å². The van der Waals surface area contributed by atoms with Crippen LogP contribution in [-0.2, 0) is 8.85 Å². The van der Waals surface area contributed by atoms with Crippen LogP contribution in [0.4, 0.5) is 0 Å². The molecule has 178 valence electrons. The molecule has 0 atom stereocenters. The van der Waals surface area contributed by atoms with E-state index in [-0.39, 0.29) is 0 Å². The normalized spacial score (nSPS) is 11.8. The third kappa shape index (κ3) is 4.08. The fraction of sp³-hybridized carbons (Fsp3) is 0.0625. The molecule has 4 heteroatoms. The van der Waals surface area contributed by atoms with E-state index in [0.29, 0.717) is 0 Å². The third-order valence-electron chi connectivity index (χ3n) is 7.03. The summed E-state index contributed by atoms with van der Waals surface area (Å²) in [6.07, 6.45) is 0. The van der Waals surface area contributed by atoms with Crippen LogP contribution in [-0.4, -0.2) is 30.9 Å². The lowest BCUT2D eigenvalue weighted by Crippen LogP contribution is -2.70. The zero-order valence-electron chi connectivity index (χ0n) is 20.7. The van der Waals surface area contributed by atoms with Gasteiger partial charge < -0.3 is 8.85 Å². The van der Waals surface area contributed by atoms with Crippen molar-refractivity contribution in [3.63, 3.8) is 0 Å². The zero-order chi connectivity index (χ0) is 24.8. The third-order valence-corrected chi connectivity index (χ3v) is 15.1. The van der Waals surface area contributed by atoms with Gasteiger partial charge in [-0.3, -0.25) is 0 Å². The average Bonchev–Trinajstić information content (AvgIpc) is 2.97. The van der Waals surface area contributed by atoms with Gasteiger partial charge in [-0.25, -0.2) is 0 Å². The molecule has 0 fully saturated rings. The fourth-order valence-electron chi connectivity index (χ4n) is 5.34. The van der Waals surface area contributed by atoms with Crippen molar-refractivity contribution in [2.24, 2.45) is 0 Å². The molecule has 2 nitrogen and oxygen atoms in total. The molecule has 36 heavy (non-hydrogen) atoms. The van der Waals surface area contributed by atoms with Gasteiger partial charge in [-0.2, -0.15) is 0 Å². The molecular weight excluding hydrogens is 473 g/mol. The van der Waals surface area contributed by atoms with E-state index < -0.39 is 16.6 Å². The summed E-state index contributed by atoms with van der Waals surface area (Å²) in [5.74, 6) is 0. The molecule has 0 unspecified atom stereocenters. The largest absolute Gasteiger partial charge is 0.408 e. The van der Waals surface area contributed by atoms with Crippen molar-refractivity contribution < 1.29 is 8.85 Å². The highest BCUT2D eigenvalue weighted by Gasteiger charge is 2.43. The Kier molecular flexibility index (Phi) is 7.12. The Balaban J connectivity index is 1.70. The zero-order valence-corrected chi connectivity index (χ0v) is 22.7. The van der Waals surface area contributed by atoms with Gasteiger partial charge in [0.05, 0.1) is 0 Å². The number of benzene rings is 5. The average molecular weight is 503 g/mol. The van der Waals surface area contributed by atoms with Crippen molar-refractivity contribution in [1.82, 2.24) is 0 Å². The predicted octanol–water partition coefficient (Wildman–Crippen LogP) is 2.91. The first kappa shape index (κ1) is 24.2. The Labute approximate surface area is 216 Å². The van der Waals surface area contributed by atoms with Crippen LogP contribution in [0.2, 0.25) is 0 Å². The maximum absolute atomic E-state index is 6.54. The van der Waals surface area contributed by atoms with Crippen molar-refractivity contribution in [2.45, 2.75) is 0 Å². The fourth-order valence-corrected chi connectivity index (χ4v) is 12.7. The van der Waals surface area contributed by atoms with Crippen LogP contribution >= 0.6 is 0 Å². The van der Waals surface area contributed by atoms with Gasteiger partial charge in [-0.1, -0.05) is 146 Å². The lowest BCUT2D eigenvalue weighted by Gasteiger charge is -2.34. The standard InChI is InChI=1S/C32H30O2Si2/c1-33-35(27-15-7-3-8-16-27,28-17-9-4-10-18-28)31-23-25-32(26-24-31)36(34-2,29-19-11-5-12-20-29)30-21-13-6-14-22-30/h3-26H,1-2H3. The van der Waals surface area contributed by atoms with Gasteiger partial charge in [0.15, 0.2) is 0 Å². The summed E-state index contributed by atoms with van der Waals surface area (Å²) < 4.78 is 13.1. The number of rotatable bonds is 8. The highest BCUT2D eigenvalue weighted by atomic mass is 28.4. The number of hydrogen-bond acceptors (Lipinski definition) is 2. The summed E-state index contributed by atoms with van der Waals surface area (Å²) in [5, 5.41) is 7.35. The van der Waals surface area contributed by atoms with Crippen LogP contribution in [0.15, 0.2) is 146 Å². The van der Waals surface area contributed by atoms with Crippen LogP contribution in [0.5, 0.6) is 0 Å². The quantitative estimate of drug-likeness (QED) is 0.240. The Morgan fingerprint density at radius 1 is 0.306 bits per heavy atom. The van der Waals surface area contributed by atoms with E-state index in [1.807, 2.05) is 14.2 Å². The molecule has 0 aliphatic heterocycles. The molecule has 5 aromatic rings. The molecule has 0 amide bonds. The van der Waals surface area contributed by atoms with E-state index in [0.717, 1.165) is 0 Å². The first-order valence-corrected chi connectivity index (χ1v) is 16.0. The first-order valence-electron chi connectivity index (χ1n) is 12.2. The molecule has 0 bridgehead atoms. The Hall–Kier alpha value is -3.55. The van der Waals surface area contributed by atoms with Gasteiger partial charge in [-0.15, -0.1) is 0 Å². The lowest BCUT2D eigenvalue weighted by atomic mass is 10.3. The van der Waals surface area contributed by atoms with Gasteiger partial charge in [0.1, 0.15) is 0 Å². The first-order chi connectivity index (χ1) is 17.8. The SMILES string of the molecule is CO[Si](c1ccccc1)(c1ccccc1)c1ccc([Si](OC)(c2ccccc2)c2ccccc2)cc1. The van der Waals surface area contributed by atoms with E-state index in [4.69, 9.17) is 8.85 Å². The molecule has 0 saturated carbocycles. The Morgan fingerprint density at radius 3 is 0.694 bits per heavy atom. The summed E-state index contributed by atoms with van der Waals surface area (Å²) in [6.45, 7) is 0.